The Kier molecular flexibility index (Phi) is 4.81. The maximum Gasteiger partial charge on any atom is 0.338 e. The number of sulfonamides is 1. The lowest BCUT2D eigenvalue weighted by atomic mass is 10.0. The molecule has 1 aliphatic heterocycles. The highest BCUT2D eigenvalue weighted by Crippen LogP contribution is 2.31. The first-order valence-corrected chi connectivity index (χ1v) is 9.75. The van der Waals surface area contributed by atoms with Crippen LogP contribution in [-0.4, -0.2) is 27.0 Å². The summed E-state index contributed by atoms with van der Waals surface area (Å²) in [4.78, 5) is 12.1. The Morgan fingerprint density at radius 2 is 1.76 bits per heavy atom. The molecule has 1 heterocycles. The summed E-state index contributed by atoms with van der Waals surface area (Å²) in [6.45, 7) is 3.99. The molecule has 0 saturated carbocycles. The van der Waals surface area contributed by atoms with Gasteiger partial charge in [-0.05, 0) is 62.6 Å². The van der Waals surface area contributed by atoms with Gasteiger partial charge in [-0.1, -0.05) is 18.2 Å². The van der Waals surface area contributed by atoms with Crippen LogP contribution in [0.2, 0.25) is 0 Å². The normalized spacial score (nSPS) is 14.3. The van der Waals surface area contributed by atoms with Gasteiger partial charge in [-0.15, -0.1) is 0 Å². The number of para-hydroxylation sites is 1. The number of nitrogens with zero attached hydrogens (tertiary/aromatic N) is 1. The monoisotopic (exact) mass is 359 g/mol. The van der Waals surface area contributed by atoms with Crippen LogP contribution in [0, 0.1) is 0 Å². The second-order valence-electron chi connectivity index (χ2n) is 6.29. The molecule has 0 aliphatic carbocycles. The fraction of sp³-hybridized carbons (Fsp3) is 0.316. The molecular formula is C19H21NO4S. The topological polar surface area (TPSA) is 63.7 Å². The number of benzene rings is 2. The summed E-state index contributed by atoms with van der Waals surface area (Å²) in [5.41, 5.74) is 2.11. The predicted octanol–water partition coefficient (Wildman–Crippen LogP) is 3.39. The van der Waals surface area contributed by atoms with Crippen LogP contribution in [0.3, 0.4) is 0 Å². The van der Waals surface area contributed by atoms with Crippen molar-refractivity contribution in [1.82, 2.24) is 0 Å². The van der Waals surface area contributed by atoms with Gasteiger partial charge in [0.05, 0.1) is 22.3 Å². The first kappa shape index (κ1) is 17.5. The van der Waals surface area contributed by atoms with E-state index in [9.17, 15) is 13.2 Å². The van der Waals surface area contributed by atoms with Crippen molar-refractivity contribution in [3.8, 4) is 0 Å². The number of rotatable bonds is 4. The maximum atomic E-state index is 13.0. The summed E-state index contributed by atoms with van der Waals surface area (Å²) in [5, 5.41) is 0. The average Bonchev–Trinajstić information content (AvgIpc) is 2.60. The second kappa shape index (κ2) is 6.88. The van der Waals surface area contributed by atoms with Gasteiger partial charge < -0.3 is 4.74 Å². The Morgan fingerprint density at radius 1 is 1.08 bits per heavy atom. The van der Waals surface area contributed by atoms with Gasteiger partial charge in [0.1, 0.15) is 0 Å². The van der Waals surface area contributed by atoms with Gasteiger partial charge >= 0.3 is 5.97 Å². The molecule has 2 aromatic carbocycles. The van der Waals surface area contributed by atoms with E-state index in [0.29, 0.717) is 12.1 Å². The number of aryl methyl sites for hydroxylation is 1. The molecule has 0 amide bonds. The molecule has 0 atom stereocenters. The van der Waals surface area contributed by atoms with E-state index in [0.717, 1.165) is 24.1 Å². The SMILES string of the molecule is CC(C)OC(=O)c1ccc(S(=O)(=O)N2CCCc3ccccc32)cc1. The number of ether oxygens (including phenoxy) is 1. The molecule has 0 spiro atoms. The molecule has 3 rings (SSSR count). The minimum absolute atomic E-state index is 0.172. The lowest BCUT2D eigenvalue weighted by Gasteiger charge is -2.30. The summed E-state index contributed by atoms with van der Waals surface area (Å²) >= 11 is 0. The second-order valence-corrected chi connectivity index (χ2v) is 8.15. The van der Waals surface area contributed by atoms with Crippen LogP contribution in [0.1, 0.15) is 36.2 Å². The standard InChI is InChI=1S/C19H21NO4S/c1-14(2)24-19(21)16-9-11-17(12-10-16)25(22,23)20-13-5-7-15-6-3-4-8-18(15)20/h3-4,6,8-12,14H,5,7,13H2,1-2H3. The molecule has 0 fully saturated rings. The van der Waals surface area contributed by atoms with Gasteiger partial charge in [0, 0.05) is 6.54 Å². The molecule has 0 N–H and O–H groups in total. The number of esters is 1. The van der Waals surface area contributed by atoms with E-state index in [1.807, 2.05) is 24.3 Å². The Morgan fingerprint density at radius 3 is 2.44 bits per heavy atom. The summed E-state index contributed by atoms with van der Waals surface area (Å²) in [6, 6.07) is 13.5. The van der Waals surface area contributed by atoms with Crippen LogP contribution in [0.25, 0.3) is 0 Å². The first-order chi connectivity index (χ1) is 11.9. The van der Waals surface area contributed by atoms with Gasteiger partial charge in [-0.25, -0.2) is 13.2 Å². The Balaban J connectivity index is 1.90. The zero-order valence-corrected chi connectivity index (χ0v) is 15.1. The van der Waals surface area contributed by atoms with Crippen molar-refractivity contribution < 1.29 is 17.9 Å². The van der Waals surface area contributed by atoms with Gasteiger partial charge in [-0.2, -0.15) is 0 Å². The van der Waals surface area contributed by atoms with Crippen LogP contribution in [0.15, 0.2) is 53.4 Å². The molecular weight excluding hydrogens is 338 g/mol. The van der Waals surface area contributed by atoms with Crippen molar-refractivity contribution in [2.75, 3.05) is 10.8 Å². The number of carbonyl (C=O) groups is 1. The van der Waals surface area contributed by atoms with Crippen molar-refractivity contribution >= 4 is 21.7 Å². The zero-order valence-electron chi connectivity index (χ0n) is 14.3. The van der Waals surface area contributed by atoms with Crippen LogP contribution in [0.5, 0.6) is 0 Å². The van der Waals surface area contributed by atoms with E-state index < -0.39 is 16.0 Å². The molecule has 25 heavy (non-hydrogen) atoms. The Hall–Kier alpha value is -2.34. The molecule has 0 saturated heterocycles. The van der Waals surface area contributed by atoms with Crippen LogP contribution in [0.4, 0.5) is 5.69 Å². The third kappa shape index (κ3) is 3.54. The molecule has 132 valence electrons. The van der Waals surface area contributed by atoms with E-state index in [1.165, 1.54) is 28.6 Å². The quantitative estimate of drug-likeness (QED) is 0.785. The van der Waals surface area contributed by atoms with Gasteiger partial charge in [0.2, 0.25) is 0 Å². The summed E-state index contributed by atoms with van der Waals surface area (Å²) < 4.78 is 32.6. The van der Waals surface area contributed by atoms with Crippen molar-refractivity contribution in [2.24, 2.45) is 0 Å². The molecule has 0 radical (unpaired) electrons. The lowest BCUT2D eigenvalue weighted by Crippen LogP contribution is -2.35. The number of hydrogen-bond acceptors (Lipinski definition) is 4. The molecule has 5 nitrogen and oxygen atoms in total. The molecule has 1 aliphatic rings. The molecule has 0 bridgehead atoms. The molecule has 6 heteroatoms. The number of carbonyl (C=O) groups excluding carboxylic acids is 1. The highest BCUT2D eigenvalue weighted by molar-refractivity contribution is 7.92. The fourth-order valence-corrected chi connectivity index (χ4v) is 4.46. The minimum atomic E-state index is -3.66. The largest absolute Gasteiger partial charge is 0.459 e. The van der Waals surface area contributed by atoms with E-state index in [1.54, 1.807) is 13.8 Å². The Bertz CT molecular complexity index is 873. The molecule has 2 aromatic rings. The first-order valence-electron chi connectivity index (χ1n) is 8.31. The van der Waals surface area contributed by atoms with E-state index in [2.05, 4.69) is 0 Å². The highest BCUT2D eigenvalue weighted by atomic mass is 32.2. The van der Waals surface area contributed by atoms with Gasteiger partial charge in [0.25, 0.3) is 10.0 Å². The van der Waals surface area contributed by atoms with Crippen molar-refractivity contribution in [1.29, 1.82) is 0 Å². The zero-order chi connectivity index (χ0) is 18.0. The summed E-state index contributed by atoms with van der Waals surface area (Å²) in [5.74, 6) is -0.456. The average molecular weight is 359 g/mol. The van der Waals surface area contributed by atoms with E-state index in [-0.39, 0.29) is 11.0 Å². The lowest BCUT2D eigenvalue weighted by molar-refractivity contribution is 0.0378. The maximum absolute atomic E-state index is 13.0. The summed E-state index contributed by atoms with van der Waals surface area (Å²) in [7, 11) is -3.66. The van der Waals surface area contributed by atoms with E-state index in [4.69, 9.17) is 4.74 Å². The van der Waals surface area contributed by atoms with Crippen LogP contribution >= 0.6 is 0 Å². The minimum Gasteiger partial charge on any atom is -0.459 e. The molecule has 0 unspecified atom stereocenters. The number of hydrogen-bond donors (Lipinski definition) is 0. The summed E-state index contributed by atoms with van der Waals surface area (Å²) in [6.07, 6.45) is 1.44. The molecule has 0 aromatic heterocycles. The highest BCUT2D eigenvalue weighted by Gasteiger charge is 2.29. The van der Waals surface area contributed by atoms with E-state index >= 15 is 0 Å². The smallest absolute Gasteiger partial charge is 0.338 e. The predicted molar refractivity (Wildman–Crippen MR) is 96.3 cm³/mol. The third-order valence-electron chi connectivity index (χ3n) is 4.09. The van der Waals surface area contributed by atoms with Gasteiger partial charge in [0.15, 0.2) is 0 Å². The number of fused-ring (bicyclic) bond motifs is 1. The third-order valence-corrected chi connectivity index (χ3v) is 5.92. The van der Waals surface area contributed by atoms with Crippen molar-refractivity contribution in [3.05, 3.63) is 59.7 Å². The number of anilines is 1. The van der Waals surface area contributed by atoms with Gasteiger partial charge in [-0.3, -0.25) is 4.31 Å². The van der Waals surface area contributed by atoms with Crippen LogP contribution in [-0.2, 0) is 21.2 Å². The Labute approximate surface area is 148 Å². The fourth-order valence-electron chi connectivity index (χ4n) is 2.92. The van der Waals surface area contributed by atoms with Crippen molar-refractivity contribution in [2.45, 2.75) is 37.7 Å². The van der Waals surface area contributed by atoms with Crippen LogP contribution < -0.4 is 4.31 Å². The van der Waals surface area contributed by atoms with Crippen molar-refractivity contribution in [3.63, 3.8) is 0 Å².